The van der Waals surface area contributed by atoms with Gasteiger partial charge in [0.25, 0.3) is 0 Å². The predicted octanol–water partition coefficient (Wildman–Crippen LogP) is 2.93. The number of nitrogens with zero attached hydrogens (tertiary/aromatic N) is 1. The van der Waals surface area contributed by atoms with Crippen molar-refractivity contribution >= 4 is 0 Å². The number of fused-ring (bicyclic) bond motifs is 1. The smallest absolute Gasteiger partial charge is 0.139 e. The maximum Gasteiger partial charge on any atom is 0.139 e. The molecular formula is C19H20FNO3. The van der Waals surface area contributed by atoms with Crippen LogP contribution in [0.2, 0.25) is 0 Å². The molecule has 0 saturated carbocycles. The highest BCUT2D eigenvalue weighted by Gasteiger charge is 2.56. The summed E-state index contributed by atoms with van der Waals surface area (Å²) in [6.45, 7) is 2.78. The number of aryl methyl sites for hydroxylation is 1. The van der Waals surface area contributed by atoms with E-state index in [1.54, 1.807) is 12.1 Å². The van der Waals surface area contributed by atoms with Crippen LogP contribution in [0.5, 0.6) is 0 Å². The topological polar surface area (TPSA) is 41.9 Å². The Bertz CT molecular complexity index is 659. The Morgan fingerprint density at radius 1 is 1.00 bits per heavy atom. The highest BCUT2D eigenvalue weighted by atomic mass is 19.1. The van der Waals surface area contributed by atoms with Gasteiger partial charge >= 0.3 is 0 Å². The molecule has 4 nitrogen and oxygen atoms in total. The minimum absolute atomic E-state index is 0.0486. The second-order valence-corrected chi connectivity index (χ2v) is 6.58. The summed E-state index contributed by atoms with van der Waals surface area (Å²) in [5.74, 6) is -0.280. The highest BCUT2D eigenvalue weighted by molar-refractivity contribution is 5.27. The minimum atomic E-state index is -0.561. The van der Waals surface area contributed by atoms with Crippen LogP contribution in [-0.2, 0) is 9.47 Å². The average molecular weight is 329 g/mol. The standard InChI is InChI=1S/C19H20FNO3/c1-13-2-4-14(5-3-13)17-21-18(15-6-8-16(20)9-7-15)24-12-19(21,10-22)11-23-17/h2-9,17-18,22H,10-12H2,1H3/t17-,18-,19-/m1/s1. The minimum Gasteiger partial charge on any atom is -0.394 e. The van der Waals surface area contributed by atoms with Gasteiger partial charge in [-0.05, 0) is 30.2 Å². The molecular weight excluding hydrogens is 309 g/mol. The number of halogens is 1. The van der Waals surface area contributed by atoms with E-state index in [0.29, 0.717) is 13.2 Å². The quantitative estimate of drug-likeness (QED) is 0.940. The summed E-state index contributed by atoms with van der Waals surface area (Å²) < 4.78 is 25.3. The highest BCUT2D eigenvalue weighted by Crippen LogP contribution is 2.48. The molecule has 0 spiro atoms. The lowest BCUT2D eigenvalue weighted by Crippen LogP contribution is -2.47. The number of hydrogen-bond acceptors (Lipinski definition) is 4. The van der Waals surface area contributed by atoms with Gasteiger partial charge in [-0.15, -0.1) is 0 Å². The third-order valence-corrected chi connectivity index (χ3v) is 4.88. The Morgan fingerprint density at radius 2 is 1.50 bits per heavy atom. The van der Waals surface area contributed by atoms with E-state index in [1.165, 1.54) is 17.7 Å². The molecule has 126 valence electrons. The Labute approximate surface area is 140 Å². The van der Waals surface area contributed by atoms with Crippen LogP contribution < -0.4 is 0 Å². The van der Waals surface area contributed by atoms with Crippen molar-refractivity contribution in [1.29, 1.82) is 0 Å². The van der Waals surface area contributed by atoms with E-state index in [4.69, 9.17) is 9.47 Å². The summed E-state index contributed by atoms with van der Waals surface area (Å²) >= 11 is 0. The van der Waals surface area contributed by atoms with Gasteiger partial charge in [0.2, 0.25) is 0 Å². The first kappa shape index (κ1) is 15.7. The predicted molar refractivity (Wildman–Crippen MR) is 86.6 cm³/mol. The van der Waals surface area contributed by atoms with Crippen molar-refractivity contribution in [2.75, 3.05) is 19.8 Å². The van der Waals surface area contributed by atoms with Crippen LogP contribution in [0.25, 0.3) is 0 Å². The van der Waals surface area contributed by atoms with Crippen molar-refractivity contribution in [3.05, 3.63) is 71.0 Å². The maximum atomic E-state index is 13.2. The van der Waals surface area contributed by atoms with Crippen LogP contribution in [0, 0.1) is 12.7 Å². The third kappa shape index (κ3) is 2.45. The fourth-order valence-electron chi connectivity index (χ4n) is 3.48. The van der Waals surface area contributed by atoms with Crippen molar-refractivity contribution in [1.82, 2.24) is 4.90 Å². The number of rotatable bonds is 3. The van der Waals surface area contributed by atoms with Gasteiger partial charge in [-0.2, -0.15) is 0 Å². The Morgan fingerprint density at radius 3 is 2.00 bits per heavy atom. The van der Waals surface area contributed by atoms with Gasteiger partial charge in [0.15, 0.2) is 0 Å². The van der Waals surface area contributed by atoms with E-state index in [-0.39, 0.29) is 24.9 Å². The van der Waals surface area contributed by atoms with E-state index in [2.05, 4.69) is 4.90 Å². The van der Waals surface area contributed by atoms with Crippen LogP contribution >= 0.6 is 0 Å². The van der Waals surface area contributed by atoms with Gasteiger partial charge in [-0.25, -0.2) is 9.29 Å². The van der Waals surface area contributed by atoms with Crippen molar-refractivity contribution in [2.45, 2.75) is 24.9 Å². The first-order chi connectivity index (χ1) is 11.6. The van der Waals surface area contributed by atoms with Gasteiger partial charge in [0.1, 0.15) is 18.3 Å². The van der Waals surface area contributed by atoms with Crippen molar-refractivity contribution in [2.24, 2.45) is 0 Å². The summed E-state index contributed by atoms with van der Waals surface area (Å²) in [6, 6.07) is 14.4. The lowest BCUT2D eigenvalue weighted by molar-refractivity contribution is -0.0630. The number of hydrogen-bond donors (Lipinski definition) is 1. The second kappa shape index (κ2) is 5.93. The third-order valence-electron chi connectivity index (χ3n) is 4.88. The van der Waals surface area contributed by atoms with Gasteiger partial charge in [-0.3, -0.25) is 0 Å². The molecule has 2 saturated heterocycles. The molecule has 2 aromatic carbocycles. The van der Waals surface area contributed by atoms with Gasteiger partial charge in [0, 0.05) is 0 Å². The summed E-state index contributed by atoms with van der Waals surface area (Å²) in [4.78, 5) is 2.07. The summed E-state index contributed by atoms with van der Waals surface area (Å²) in [7, 11) is 0. The van der Waals surface area contributed by atoms with E-state index in [9.17, 15) is 9.50 Å². The number of ether oxygens (including phenoxy) is 2. The number of benzene rings is 2. The zero-order valence-corrected chi connectivity index (χ0v) is 13.5. The largest absolute Gasteiger partial charge is 0.394 e. The van der Waals surface area contributed by atoms with Crippen LogP contribution in [-0.4, -0.2) is 35.4 Å². The first-order valence-corrected chi connectivity index (χ1v) is 8.07. The van der Waals surface area contributed by atoms with Crippen molar-refractivity contribution < 1.29 is 19.0 Å². The van der Waals surface area contributed by atoms with E-state index >= 15 is 0 Å². The maximum absolute atomic E-state index is 13.2. The normalized spacial score (nSPS) is 29.8. The molecule has 0 bridgehead atoms. The second-order valence-electron chi connectivity index (χ2n) is 6.58. The molecule has 5 heteroatoms. The summed E-state index contributed by atoms with van der Waals surface area (Å²) in [6.07, 6.45) is -0.665. The number of aliphatic hydroxyl groups is 1. The van der Waals surface area contributed by atoms with Crippen LogP contribution in [0.15, 0.2) is 48.5 Å². The fraction of sp³-hybridized carbons (Fsp3) is 0.368. The van der Waals surface area contributed by atoms with E-state index < -0.39 is 5.54 Å². The first-order valence-electron chi connectivity index (χ1n) is 8.07. The molecule has 4 rings (SSSR count). The van der Waals surface area contributed by atoms with Crippen molar-refractivity contribution in [3.8, 4) is 0 Å². The average Bonchev–Trinajstić information content (AvgIpc) is 3.14. The molecule has 0 aliphatic carbocycles. The van der Waals surface area contributed by atoms with Gasteiger partial charge < -0.3 is 14.6 Å². The Kier molecular flexibility index (Phi) is 3.89. The lowest BCUT2D eigenvalue weighted by atomic mass is 10.0. The molecule has 2 fully saturated rings. The zero-order chi connectivity index (χ0) is 16.7. The van der Waals surface area contributed by atoms with E-state index in [0.717, 1.165) is 11.1 Å². The van der Waals surface area contributed by atoms with Crippen molar-refractivity contribution in [3.63, 3.8) is 0 Å². The molecule has 24 heavy (non-hydrogen) atoms. The SMILES string of the molecule is Cc1ccc([C@H]2OC[C@]3(CO)CO[C@H](c4ccc(F)cc4)N23)cc1. The molecule has 2 aromatic rings. The molecule has 1 N–H and O–H groups in total. The molecule has 0 unspecified atom stereocenters. The zero-order valence-electron chi connectivity index (χ0n) is 13.5. The Hall–Kier alpha value is -1.79. The molecule has 2 aliphatic rings. The molecule has 2 aliphatic heterocycles. The van der Waals surface area contributed by atoms with Crippen LogP contribution in [0.3, 0.4) is 0 Å². The molecule has 0 radical (unpaired) electrons. The summed E-state index contributed by atoms with van der Waals surface area (Å²) in [5.41, 5.74) is 2.50. The fourth-order valence-corrected chi connectivity index (χ4v) is 3.48. The molecule has 3 atom stereocenters. The monoisotopic (exact) mass is 329 g/mol. The summed E-state index contributed by atoms with van der Waals surface area (Å²) in [5, 5.41) is 9.98. The molecule has 0 aromatic heterocycles. The van der Waals surface area contributed by atoms with Crippen LogP contribution in [0.4, 0.5) is 4.39 Å². The lowest BCUT2D eigenvalue weighted by Gasteiger charge is -2.33. The van der Waals surface area contributed by atoms with Gasteiger partial charge in [0.05, 0.1) is 25.4 Å². The molecule has 0 amide bonds. The van der Waals surface area contributed by atoms with Gasteiger partial charge in [-0.1, -0.05) is 42.0 Å². The van der Waals surface area contributed by atoms with E-state index in [1.807, 2.05) is 31.2 Å². The Balaban J connectivity index is 1.72. The number of aliphatic hydroxyl groups excluding tert-OH is 1. The van der Waals surface area contributed by atoms with Crippen LogP contribution in [0.1, 0.15) is 29.1 Å². The molecule has 2 heterocycles.